The Morgan fingerprint density at radius 3 is 2.03 bits per heavy atom. The first kappa shape index (κ1) is 20.9. The van der Waals surface area contributed by atoms with Crippen molar-refractivity contribution in [3.63, 3.8) is 0 Å². The lowest BCUT2D eigenvalue weighted by molar-refractivity contribution is 0.669. The van der Waals surface area contributed by atoms with Crippen LogP contribution in [0.1, 0.15) is 0 Å². The highest BCUT2D eigenvalue weighted by Crippen LogP contribution is 2.40. The van der Waals surface area contributed by atoms with Crippen LogP contribution in [0.4, 0.5) is 11.6 Å². The minimum absolute atomic E-state index is 0.538. The lowest BCUT2D eigenvalue weighted by Gasteiger charge is -2.15. The molecule has 0 radical (unpaired) electrons. The van der Waals surface area contributed by atoms with Gasteiger partial charge in [-0.15, -0.1) is 0 Å². The number of furan rings is 1. The molecule has 178 valence electrons. The smallest absolute Gasteiger partial charge is 0.228 e. The Kier molecular flexibility index (Phi) is 4.45. The number of benzene rings is 5. The van der Waals surface area contributed by atoms with Crippen LogP contribution in [0.3, 0.4) is 0 Å². The number of hydrogen-bond acceptors (Lipinski definition) is 5. The van der Waals surface area contributed by atoms with Gasteiger partial charge in [0.05, 0.1) is 11.2 Å². The molecule has 0 spiro atoms. The Balaban J connectivity index is 1.50. The summed E-state index contributed by atoms with van der Waals surface area (Å²) < 4.78 is 6.11. The van der Waals surface area contributed by atoms with Gasteiger partial charge in [-0.3, -0.25) is 4.98 Å². The number of pyridine rings is 1. The number of nitrogens with one attached hydrogen (secondary N) is 1. The van der Waals surface area contributed by atoms with Crippen molar-refractivity contribution in [1.29, 1.82) is 0 Å². The number of nitrogens with zero attached hydrogens (tertiary/aromatic N) is 3. The van der Waals surface area contributed by atoms with Crippen molar-refractivity contribution in [1.82, 2.24) is 15.0 Å². The van der Waals surface area contributed by atoms with Crippen molar-refractivity contribution >= 4 is 66.0 Å². The fraction of sp³-hybridized carbons (Fsp3) is 0. The topological polar surface area (TPSA) is 63.8 Å². The molecular formula is C33H20N4O. The average molecular weight is 489 g/mol. The van der Waals surface area contributed by atoms with Crippen LogP contribution in [0.15, 0.2) is 120 Å². The minimum atomic E-state index is 0.538. The SMILES string of the molecule is c1ccc2c(c1)oc1ccc(-c3nc(Nc4ccncc4)nc4c5ccccc5c5ccccc5c34)cc12. The molecule has 0 unspecified atom stereocenters. The van der Waals surface area contributed by atoms with Gasteiger partial charge in [0.15, 0.2) is 0 Å². The molecule has 3 aromatic heterocycles. The third kappa shape index (κ3) is 3.15. The van der Waals surface area contributed by atoms with Crippen molar-refractivity contribution in [2.24, 2.45) is 0 Å². The van der Waals surface area contributed by atoms with Gasteiger partial charge in [-0.25, -0.2) is 9.97 Å². The number of aromatic nitrogens is 3. The van der Waals surface area contributed by atoms with E-state index in [2.05, 4.69) is 77.0 Å². The average Bonchev–Trinajstić information content (AvgIpc) is 3.35. The van der Waals surface area contributed by atoms with Gasteiger partial charge in [0, 0.05) is 45.2 Å². The fourth-order valence-electron chi connectivity index (χ4n) is 5.47. The van der Waals surface area contributed by atoms with Crippen molar-refractivity contribution in [2.75, 3.05) is 5.32 Å². The Morgan fingerprint density at radius 1 is 0.553 bits per heavy atom. The Labute approximate surface area is 217 Å². The van der Waals surface area contributed by atoms with Gasteiger partial charge in [-0.2, -0.15) is 0 Å². The molecule has 8 aromatic rings. The van der Waals surface area contributed by atoms with Crippen molar-refractivity contribution in [2.45, 2.75) is 0 Å². The van der Waals surface area contributed by atoms with Gasteiger partial charge < -0.3 is 9.73 Å². The maximum Gasteiger partial charge on any atom is 0.228 e. The minimum Gasteiger partial charge on any atom is -0.456 e. The second kappa shape index (κ2) is 8.11. The van der Waals surface area contributed by atoms with E-state index in [4.69, 9.17) is 14.4 Å². The first-order valence-corrected chi connectivity index (χ1v) is 12.5. The van der Waals surface area contributed by atoms with Crippen molar-refractivity contribution < 1.29 is 4.42 Å². The van der Waals surface area contributed by atoms with Crippen LogP contribution in [0.5, 0.6) is 0 Å². The molecular weight excluding hydrogens is 468 g/mol. The lowest BCUT2D eigenvalue weighted by atomic mass is 9.94. The summed E-state index contributed by atoms with van der Waals surface area (Å²) in [4.78, 5) is 14.3. The highest BCUT2D eigenvalue weighted by Gasteiger charge is 2.18. The summed E-state index contributed by atoms with van der Waals surface area (Å²) in [6.07, 6.45) is 3.51. The predicted octanol–water partition coefficient (Wildman–Crippen LogP) is 8.64. The first-order chi connectivity index (χ1) is 18.8. The molecule has 3 heterocycles. The zero-order valence-electron chi connectivity index (χ0n) is 20.2. The van der Waals surface area contributed by atoms with Gasteiger partial charge in [-0.1, -0.05) is 66.7 Å². The third-order valence-electron chi connectivity index (χ3n) is 7.16. The summed E-state index contributed by atoms with van der Waals surface area (Å²) in [5.74, 6) is 0.538. The highest BCUT2D eigenvalue weighted by atomic mass is 16.3. The van der Waals surface area contributed by atoms with E-state index in [1.165, 1.54) is 10.8 Å². The highest BCUT2D eigenvalue weighted by molar-refractivity contribution is 6.27. The van der Waals surface area contributed by atoms with Crippen molar-refractivity contribution in [3.8, 4) is 11.3 Å². The van der Waals surface area contributed by atoms with E-state index in [9.17, 15) is 0 Å². The summed E-state index contributed by atoms with van der Waals surface area (Å²) >= 11 is 0. The Hall–Kier alpha value is -5.29. The second-order valence-electron chi connectivity index (χ2n) is 9.38. The molecule has 0 bridgehead atoms. The zero-order valence-corrected chi connectivity index (χ0v) is 20.2. The molecule has 5 aromatic carbocycles. The molecule has 0 saturated heterocycles. The normalized spacial score (nSPS) is 11.7. The quantitative estimate of drug-likeness (QED) is 0.252. The molecule has 38 heavy (non-hydrogen) atoms. The molecule has 0 aliphatic rings. The number of hydrogen-bond donors (Lipinski definition) is 1. The van der Waals surface area contributed by atoms with Crippen LogP contribution in [0.25, 0.3) is 65.6 Å². The fourth-order valence-corrected chi connectivity index (χ4v) is 5.47. The molecule has 0 saturated carbocycles. The van der Waals surface area contributed by atoms with Crippen LogP contribution >= 0.6 is 0 Å². The lowest BCUT2D eigenvalue weighted by Crippen LogP contribution is -2.01. The summed E-state index contributed by atoms with van der Waals surface area (Å²) in [6.45, 7) is 0. The van der Waals surface area contributed by atoms with E-state index in [1.807, 2.05) is 36.4 Å². The molecule has 0 amide bonds. The molecule has 5 nitrogen and oxygen atoms in total. The standard InChI is InChI=1S/C33H20N4O/c1-3-10-25-22(7-1)23-8-2-4-11-26(23)32-30(25)31(36-33(37-32)35-21-15-17-34-18-16-21)20-13-14-29-27(19-20)24-9-5-6-12-28(24)38-29/h1-19H,(H,34,35,36,37). The summed E-state index contributed by atoms with van der Waals surface area (Å²) in [6, 6.07) is 35.2. The van der Waals surface area contributed by atoms with E-state index >= 15 is 0 Å². The number of rotatable bonds is 3. The van der Waals surface area contributed by atoms with E-state index in [1.54, 1.807) is 12.4 Å². The molecule has 1 N–H and O–H groups in total. The molecule has 0 fully saturated rings. The maximum atomic E-state index is 6.11. The number of anilines is 2. The summed E-state index contributed by atoms with van der Waals surface area (Å²) in [5.41, 5.74) is 5.42. The van der Waals surface area contributed by atoms with Gasteiger partial charge in [0.2, 0.25) is 5.95 Å². The monoisotopic (exact) mass is 488 g/mol. The molecule has 8 rings (SSSR count). The van der Waals surface area contributed by atoms with E-state index < -0.39 is 0 Å². The van der Waals surface area contributed by atoms with Crippen LogP contribution in [0, 0.1) is 0 Å². The first-order valence-electron chi connectivity index (χ1n) is 12.5. The van der Waals surface area contributed by atoms with Gasteiger partial charge in [-0.05, 0) is 52.6 Å². The van der Waals surface area contributed by atoms with E-state index in [-0.39, 0.29) is 0 Å². The molecule has 0 aliphatic heterocycles. The largest absolute Gasteiger partial charge is 0.456 e. The Morgan fingerprint density at radius 2 is 1.21 bits per heavy atom. The number of para-hydroxylation sites is 1. The van der Waals surface area contributed by atoms with Crippen LogP contribution < -0.4 is 5.32 Å². The Bertz CT molecular complexity index is 2170. The van der Waals surface area contributed by atoms with Crippen LogP contribution in [-0.4, -0.2) is 15.0 Å². The molecule has 5 heteroatoms. The van der Waals surface area contributed by atoms with Gasteiger partial charge in [0.25, 0.3) is 0 Å². The van der Waals surface area contributed by atoms with Gasteiger partial charge in [0.1, 0.15) is 11.2 Å². The number of fused-ring (bicyclic) bond motifs is 9. The van der Waals surface area contributed by atoms with Crippen LogP contribution in [-0.2, 0) is 0 Å². The molecule has 0 aliphatic carbocycles. The van der Waals surface area contributed by atoms with E-state index in [0.29, 0.717) is 5.95 Å². The predicted molar refractivity (Wildman–Crippen MR) is 155 cm³/mol. The molecule has 0 atom stereocenters. The second-order valence-corrected chi connectivity index (χ2v) is 9.38. The summed E-state index contributed by atoms with van der Waals surface area (Å²) in [7, 11) is 0. The van der Waals surface area contributed by atoms with Gasteiger partial charge >= 0.3 is 0 Å². The van der Waals surface area contributed by atoms with Crippen molar-refractivity contribution in [3.05, 3.63) is 116 Å². The summed E-state index contributed by atoms with van der Waals surface area (Å²) in [5, 5.41) is 11.2. The zero-order chi connectivity index (χ0) is 25.1. The maximum absolute atomic E-state index is 6.11. The van der Waals surface area contributed by atoms with E-state index in [0.717, 1.165) is 60.6 Å². The third-order valence-corrected chi connectivity index (χ3v) is 7.16. The van der Waals surface area contributed by atoms with Crippen LogP contribution in [0.2, 0.25) is 0 Å².